The number of hydrogen-bond donors (Lipinski definition) is 0. The maximum Gasteiger partial charge on any atom is 0.311 e. The minimum absolute atomic E-state index is 0.197. The molecule has 0 amide bonds. The summed E-state index contributed by atoms with van der Waals surface area (Å²) in [7, 11) is 3.01. The minimum Gasteiger partial charge on any atom is -0.493 e. The van der Waals surface area contributed by atoms with E-state index in [2.05, 4.69) is 6.92 Å². The predicted molar refractivity (Wildman–Crippen MR) is 117 cm³/mol. The summed E-state index contributed by atoms with van der Waals surface area (Å²) in [6.45, 7) is 2.71. The van der Waals surface area contributed by atoms with Gasteiger partial charge in [-0.2, -0.15) is 0 Å². The van der Waals surface area contributed by atoms with Gasteiger partial charge in [0.2, 0.25) is 5.75 Å². The molecule has 0 spiro atoms. The second-order valence-corrected chi connectivity index (χ2v) is 7.37. The Morgan fingerprint density at radius 2 is 1.27 bits per heavy atom. The highest BCUT2D eigenvalue weighted by atomic mass is 16.6. The molecule has 0 heterocycles. The molecule has 0 aromatic heterocycles. The van der Waals surface area contributed by atoms with E-state index in [1.165, 1.54) is 52.7 Å². The summed E-state index contributed by atoms with van der Waals surface area (Å²) in [6.07, 6.45) is 11.4. The fourth-order valence-corrected chi connectivity index (χ4v) is 3.12. The van der Waals surface area contributed by atoms with E-state index in [9.17, 15) is 9.59 Å². The maximum atomic E-state index is 12.1. The largest absolute Gasteiger partial charge is 0.493 e. The number of unbranched alkanes of at least 4 members (excludes halogenated alkanes) is 8. The van der Waals surface area contributed by atoms with E-state index in [0.29, 0.717) is 37.4 Å². The van der Waals surface area contributed by atoms with Crippen molar-refractivity contribution in [2.45, 2.75) is 84.0 Å². The molecule has 0 N–H and O–H groups in total. The Hall–Kier alpha value is -2.24. The van der Waals surface area contributed by atoms with E-state index >= 15 is 0 Å². The number of methoxy groups -OCH3 is 2. The number of benzene rings is 1. The molecule has 0 atom stereocenters. The summed E-state index contributed by atoms with van der Waals surface area (Å²) in [6, 6.07) is 5.16. The molecule has 0 saturated heterocycles. The Labute approximate surface area is 181 Å². The van der Waals surface area contributed by atoms with Crippen molar-refractivity contribution in [3.8, 4) is 17.2 Å². The van der Waals surface area contributed by atoms with Gasteiger partial charge in [0.05, 0.1) is 20.8 Å². The Morgan fingerprint density at radius 1 is 0.733 bits per heavy atom. The van der Waals surface area contributed by atoms with Gasteiger partial charge >= 0.3 is 11.9 Å². The molecule has 30 heavy (non-hydrogen) atoms. The summed E-state index contributed by atoms with van der Waals surface area (Å²) < 4.78 is 21.1. The van der Waals surface area contributed by atoms with Gasteiger partial charge in [0.1, 0.15) is 0 Å². The Bertz CT molecular complexity index is 591. The first-order chi connectivity index (χ1) is 14.6. The predicted octanol–water partition coefficient (Wildman–Crippen LogP) is 5.85. The van der Waals surface area contributed by atoms with E-state index in [1.807, 2.05) is 0 Å². The van der Waals surface area contributed by atoms with Gasteiger partial charge in [-0.05, 0) is 31.4 Å². The number of hydrogen-bond acceptors (Lipinski definition) is 6. The lowest BCUT2D eigenvalue weighted by molar-refractivity contribution is -0.144. The Morgan fingerprint density at radius 3 is 1.83 bits per heavy atom. The number of rotatable bonds is 17. The summed E-state index contributed by atoms with van der Waals surface area (Å²) in [4.78, 5) is 23.9. The lowest BCUT2D eigenvalue weighted by Gasteiger charge is -2.12. The number of para-hydroxylation sites is 1. The fourth-order valence-electron chi connectivity index (χ4n) is 3.12. The zero-order chi connectivity index (χ0) is 22.0. The molecule has 0 unspecified atom stereocenters. The first-order valence-corrected chi connectivity index (χ1v) is 11.2. The number of carbonyl (C=O) groups is 2. The van der Waals surface area contributed by atoms with E-state index < -0.39 is 0 Å². The molecule has 1 aromatic carbocycles. The number of carbonyl (C=O) groups excluding carboxylic acids is 2. The molecule has 6 heteroatoms. The Balaban J connectivity index is 2.10. The van der Waals surface area contributed by atoms with Crippen molar-refractivity contribution in [3.63, 3.8) is 0 Å². The van der Waals surface area contributed by atoms with Crippen LogP contribution in [-0.4, -0.2) is 32.8 Å². The van der Waals surface area contributed by atoms with E-state index in [4.69, 9.17) is 18.9 Å². The first-order valence-electron chi connectivity index (χ1n) is 11.2. The van der Waals surface area contributed by atoms with Crippen LogP contribution in [0.1, 0.15) is 84.0 Å². The normalized spacial score (nSPS) is 10.5. The zero-order valence-electron chi connectivity index (χ0n) is 18.9. The van der Waals surface area contributed by atoms with Crippen LogP contribution in [0.2, 0.25) is 0 Å². The molecule has 0 fully saturated rings. The minimum atomic E-state index is -0.384. The van der Waals surface area contributed by atoms with Crippen molar-refractivity contribution in [3.05, 3.63) is 18.2 Å². The molecule has 170 valence electrons. The summed E-state index contributed by atoms with van der Waals surface area (Å²) in [5, 5.41) is 0. The van der Waals surface area contributed by atoms with Gasteiger partial charge in [0.25, 0.3) is 0 Å². The second kappa shape index (κ2) is 16.5. The van der Waals surface area contributed by atoms with Crippen molar-refractivity contribution in [1.29, 1.82) is 0 Å². The average Bonchev–Trinajstić information content (AvgIpc) is 2.75. The van der Waals surface area contributed by atoms with E-state index in [-0.39, 0.29) is 24.1 Å². The standard InChI is InChI=1S/C24H38O6/c1-4-5-6-7-8-9-10-13-19-29-22(25)17-11-12-18-23(26)30-24-20(27-2)15-14-16-21(24)28-3/h14-16H,4-13,17-19H2,1-3H3. The average molecular weight is 423 g/mol. The lowest BCUT2D eigenvalue weighted by atomic mass is 10.1. The molecule has 0 aliphatic heterocycles. The lowest BCUT2D eigenvalue weighted by Crippen LogP contribution is -2.10. The van der Waals surface area contributed by atoms with Crippen molar-refractivity contribution >= 4 is 11.9 Å². The molecule has 0 bridgehead atoms. The zero-order valence-corrected chi connectivity index (χ0v) is 18.9. The van der Waals surface area contributed by atoms with Gasteiger partial charge in [-0.1, -0.05) is 57.9 Å². The van der Waals surface area contributed by atoms with Crippen molar-refractivity contribution in [2.75, 3.05) is 20.8 Å². The maximum absolute atomic E-state index is 12.1. The van der Waals surface area contributed by atoms with Crippen LogP contribution in [0.15, 0.2) is 18.2 Å². The van der Waals surface area contributed by atoms with Crippen LogP contribution in [-0.2, 0) is 14.3 Å². The molecule has 6 nitrogen and oxygen atoms in total. The van der Waals surface area contributed by atoms with Gasteiger partial charge < -0.3 is 18.9 Å². The van der Waals surface area contributed by atoms with Gasteiger partial charge in [0.15, 0.2) is 11.5 Å². The topological polar surface area (TPSA) is 71.1 Å². The first kappa shape index (κ1) is 25.8. The molecular weight excluding hydrogens is 384 g/mol. The smallest absolute Gasteiger partial charge is 0.311 e. The van der Waals surface area contributed by atoms with Crippen LogP contribution < -0.4 is 14.2 Å². The highest BCUT2D eigenvalue weighted by Gasteiger charge is 2.15. The third-order valence-corrected chi connectivity index (χ3v) is 4.87. The second-order valence-electron chi connectivity index (χ2n) is 7.37. The summed E-state index contributed by atoms with van der Waals surface area (Å²) in [5.41, 5.74) is 0. The highest BCUT2D eigenvalue weighted by Crippen LogP contribution is 2.37. The van der Waals surface area contributed by atoms with Crippen LogP contribution in [0, 0.1) is 0 Å². The Kier molecular flexibility index (Phi) is 14.2. The third-order valence-electron chi connectivity index (χ3n) is 4.87. The fraction of sp³-hybridized carbons (Fsp3) is 0.667. The van der Waals surface area contributed by atoms with Gasteiger partial charge in [-0.3, -0.25) is 9.59 Å². The van der Waals surface area contributed by atoms with Crippen molar-refractivity contribution in [1.82, 2.24) is 0 Å². The third kappa shape index (κ3) is 11.1. The van der Waals surface area contributed by atoms with Crippen LogP contribution in [0.3, 0.4) is 0 Å². The van der Waals surface area contributed by atoms with Gasteiger partial charge in [-0.15, -0.1) is 0 Å². The van der Waals surface area contributed by atoms with Crippen molar-refractivity contribution < 1.29 is 28.5 Å². The van der Waals surface area contributed by atoms with Crippen LogP contribution in [0.25, 0.3) is 0 Å². The molecular formula is C24H38O6. The van der Waals surface area contributed by atoms with Crippen LogP contribution in [0.5, 0.6) is 17.2 Å². The monoisotopic (exact) mass is 422 g/mol. The van der Waals surface area contributed by atoms with E-state index in [0.717, 1.165) is 12.8 Å². The summed E-state index contributed by atoms with van der Waals surface area (Å²) in [5.74, 6) is 0.569. The molecule has 0 radical (unpaired) electrons. The van der Waals surface area contributed by atoms with Crippen LogP contribution in [0.4, 0.5) is 0 Å². The molecule has 1 rings (SSSR count). The van der Waals surface area contributed by atoms with Gasteiger partial charge in [0, 0.05) is 12.8 Å². The van der Waals surface area contributed by atoms with E-state index in [1.54, 1.807) is 18.2 Å². The quantitative estimate of drug-likeness (QED) is 0.178. The van der Waals surface area contributed by atoms with Gasteiger partial charge in [-0.25, -0.2) is 0 Å². The molecule has 0 saturated carbocycles. The summed E-state index contributed by atoms with van der Waals surface area (Å²) >= 11 is 0. The molecule has 0 aliphatic rings. The number of esters is 2. The highest BCUT2D eigenvalue weighted by molar-refractivity contribution is 5.74. The SMILES string of the molecule is CCCCCCCCCCOC(=O)CCCCC(=O)Oc1c(OC)cccc1OC. The number of ether oxygens (including phenoxy) is 4. The van der Waals surface area contributed by atoms with Crippen LogP contribution >= 0.6 is 0 Å². The molecule has 0 aliphatic carbocycles. The molecule has 1 aromatic rings. The van der Waals surface area contributed by atoms with Crippen molar-refractivity contribution in [2.24, 2.45) is 0 Å².